The summed E-state index contributed by atoms with van der Waals surface area (Å²) < 4.78 is 37.0. The molecule has 30 heavy (non-hydrogen) atoms. The largest absolute Gasteiger partial charge is 0.490 e. The number of alkyl halides is 3. The van der Waals surface area contributed by atoms with Crippen LogP contribution in [-0.2, 0) is 25.7 Å². The van der Waals surface area contributed by atoms with E-state index in [9.17, 15) is 22.8 Å². The van der Waals surface area contributed by atoms with E-state index in [1.807, 2.05) is 21.9 Å². The molecule has 0 spiro atoms. The normalized spacial score (nSPS) is 25.7. The zero-order valence-electron chi connectivity index (χ0n) is 16.0. The van der Waals surface area contributed by atoms with Crippen molar-refractivity contribution >= 4 is 17.8 Å². The second-order valence-electron chi connectivity index (χ2n) is 7.55. The quantitative estimate of drug-likeness (QED) is 0.774. The molecule has 1 aromatic rings. The zero-order valence-corrected chi connectivity index (χ0v) is 16.0. The minimum Gasteiger partial charge on any atom is -0.475 e. The van der Waals surface area contributed by atoms with Gasteiger partial charge in [0.1, 0.15) is 0 Å². The lowest BCUT2D eigenvalue weighted by molar-refractivity contribution is -0.192. The van der Waals surface area contributed by atoms with Crippen molar-refractivity contribution in [3.05, 3.63) is 30.1 Å². The van der Waals surface area contributed by atoms with E-state index in [1.165, 1.54) is 0 Å². The summed E-state index contributed by atoms with van der Waals surface area (Å²) in [7, 11) is 0. The van der Waals surface area contributed by atoms with Crippen LogP contribution >= 0.6 is 0 Å². The van der Waals surface area contributed by atoms with Gasteiger partial charge in [-0.1, -0.05) is 0 Å². The molecular weight excluding hydrogens is 407 g/mol. The summed E-state index contributed by atoms with van der Waals surface area (Å²) in [6.45, 7) is 3.88. The SMILES string of the molecule is O=C(C1CCOC1)N1C[C@H]2CN(Cc3ccncc3)C(=O)[C@H]2C1.O=C(O)C(F)(F)F. The number of carboxylic acids is 1. The van der Waals surface area contributed by atoms with E-state index in [1.54, 1.807) is 12.4 Å². The van der Waals surface area contributed by atoms with Crippen molar-refractivity contribution in [2.75, 3.05) is 32.8 Å². The smallest absolute Gasteiger partial charge is 0.475 e. The van der Waals surface area contributed by atoms with E-state index in [4.69, 9.17) is 14.6 Å². The monoisotopic (exact) mass is 429 g/mol. The van der Waals surface area contributed by atoms with E-state index in [2.05, 4.69) is 4.98 Å². The maximum Gasteiger partial charge on any atom is 0.490 e. The topological polar surface area (TPSA) is 100 Å². The fourth-order valence-corrected chi connectivity index (χ4v) is 3.96. The Hall–Kier alpha value is -2.69. The second-order valence-corrected chi connectivity index (χ2v) is 7.55. The molecule has 4 heterocycles. The van der Waals surface area contributed by atoms with Gasteiger partial charge in [-0.25, -0.2) is 4.79 Å². The Labute approximate surface area is 170 Å². The van der Waals surface area contributed by atoms with Crippen molar-refractivity contribution in [3.63, 3.8) is 0 Å². The summed E-state index contributed by atoms with van der Waals surface area (Å²) in [5.41, 5.74) is 1.10. The second kappa shape index (κ2) is 8.99. The van der Waals surface area contributed by atoms with Crippen molar-refractivity contribution in [1.29, 1.82) is 0 Å². The van der Waals surface area contributed by atoms with Crippen LogP contribution in [-0.4, -0.2) is 76.7 Å². The molecule has 0 bridgehead atoms. The van der Waals surface area contributed by atoms with E-state index >= 15 is 0 Å². The number of hydrogen-bond donors (Lipinski definition) is 1. The summed E-state index contributed by atoms with van der Waals surface area (Å²) in [6, 6.07) is 3.88. The summed E-state index contributed by atoms with van der Waals surface area (Å²) in [6.07, 6.45) is -0.769. The van der Waals surface area contributed by atoms with Crippen LogP contribution in [0.3, 0.4) is 0 Å². The van der Waals surface area contributed by atoms with Crippen LogP contribution in [0, 0.1) is 17.8 Å². The predicted octanol–water partition coefficient (Wildman–Crippen LogP) is 1.17. The molecule has 0 aliphatic carbocycles. The Morgan fingerprint density at radius 3 is 2.40 bits per heavy atom. The van der Waals surface area contributed by atoms with Crippen molar-refractivity contribution in [3.8, 4) is 0 Å². The van der Waals surface area contributed by atoms with E-state index in [0.717, 1.165) is 18.5 Å². The summed E-state index contributed by atoms with van der Waals surface area (Å²) in [5.74, 6) is -2.15. The molecule has 3 saturated heterocycles. The number of carboxylic acid groups (broad SMARTS) is 1. The van der Waals surface area contributed by atoms with Crippen LogP contribution in [0.25, 0.3) is 0 Å². The highest BCUT2D eigenvalue weighted by Gasteiger charge is 2.48. The lowest BCUT2D eigenvalue weighted by Gasteiger charge is -2.23. The minimum absolute atomic E-state index is 0.00292. The number of nitrogens with zero attached hydrogens (tertiary/aromatic N) is 3. The molecule has 0 saturated carbocycles. The molecule has 0 aromatic carbocycles. The highest BCUT2D eigenvalue weighted by molar-refractivity contribution is 5.85. The van der Waals surface area contributed by atoms with Gasteiger partial charge in [0.25, 0.3) is 0 Å². The van der Waals surface area contributed by atoms with Crippen LogP contribution in [0.2, 0.25) is 0 Å². The van der Waals surface area contributed by atoms with Gasteiger partial charge >= 0.3 is 12.1 Å². The molecule has 1 unspecified atom stereocenters. The first-order chi connectivity index (χ1) is 14.2. The van der Waals surface area contributed by atoms with E-state index in [-0.39, 0.29) is 29.6 Å². The molecular formula is C19H22F3N3O5. The molecule has 164 valence electrons. The number of rotatable bonds is 3. The Bertz CT molecular complexity index is 783. The number of hydrogen-bond acceptors (Lipinski definition) is 5. The van der Waals surface area contributed by atoms with Crippen molar-refractivity contribution in [2.45, 2.75) is 19.1 Å². The molecule has 3 atom stereocenters. The van der Waals surface area contributed by atoms with Gasteiger partial charge in [0, 0.05) is 51.1 Å². The number of aliphatic carboxylic acids is 1. The Morgan fingerprint density at radius 2 is 1.87 bits per heavy atom. The van der Waals surface area contributed by atoms with Crippen molar-refractivity contribution in [2.24, 2.45) is 17.8 Å². The predicted molar refractivity (Wildman–Crippen MR) is 95.8 cm³/mol. The highest BCUT2D eigenvalue weighted by atomic mass is 19.4. The third kappa shape index (κ3) is 5.07. The van der Waals surface area contributed by atoms with Gasteiger partial charge in [-0.05, 0) is 24.1 Å². The van der Waals surface area contributed by atoms with Gasteiger partial charge in [0.2, 0.25) is 11.8 Å². The first-order valence-corrected chi connectivity index (χ1v) is 9.51. The first-order valence-electron chi connectivity index (χ1n) is 9.51. The average molecular weight is 429 g/mol. The third-order valence-corrected chi connectivity index (χ3v) is 5.48. The Balaban J connectivity index is 0.000000318. The third-order valence-electron chi connectivity index (χ3n) is 5.48. The first kappa shape index (κ1) is 22.0. The average Bonchev–Trinajstić information content (AvgIpc) is 3.42. The van der Waals surface area contributed by atoms with Gasteiger partial charge in [-0.2, -0.15) is 13.2 Å². The lowest BCUT2D eigenvalue weighted by atomic mass is 10.0. The van der Waals surface area contributed by atoms with Crippen molar-refractivity contribution in [1.82, 2.24) is 14.8 Å². The number of carbonyl (C=O) groups excluding carboxylic acids is 2. The molecule has 4 rings (SSSR count). The molecule has 2 amide bonds. The Morgan fingerprint density at radius 1 is 1.20 bits per heavy atom. The molecule has 8 nitrogen and oxygen atoms in total. The number of fused-ring (bicyclic) bond motifs is 1. The number of amides is 2. The molecule has 3 aliphatic rings. The van der Waals surface area contributed by atoms with Gasteiger partial charge in [-0.3, -0.25) is 14.6 Å². The number of carbonyl (C=O) groups is 3. The number of likely N-dealkylation sites (tertiary alicyclic amines) is 2. The van der Waals surface area contributed by atoms with Gasteiger partial charge in [-0.15, -0.1) is 0 Å². The van der Waals surface area contributed by atoms with Crippen LogP contribution < -0.4 is 0 Å². The van der Waals surface area contributed by atoms with Crippen LogP contribution in [0.4, 0.5) is 13.2 Å². The van der Waals surface area contributed by atoms with Gasteiger partial charge in [0.05, 0.1) is 18.4 Å². The van der Waals surface area contributed by atoms with Crippen LogP contribution in [0.1, 0.15) is 12.0 Å². The minimum atomic E-state index is -5.08. The van der Waals surface area contributed by atoms with Crippen molar-refractivity contribution < 1.29 is 37.4 Å². The van der Waals surface area contributed by atoms with Crippen LogP contribution in [0.15, 0.2) is 24.5 Å². The standard InChI is InChI=1S/C17H21N3O3.C2HF3O2/c21-16(13-3-6-23-11-13)20-9-14-8-19(17(22)15(14)10-20)7-12-1-4-18-5-2-12;3-2(4,5)1(6)7/h1-2,4-5,13-15H,3,6-11H2;(H,6,7)/t13?,14-,15+;/m1./s1. The molecule has 1 aromatic heterocycles. The maximum atomic E-state index is 12.6. The van der Waals surface area contributed by atoms with E-state index in [0.29, 0.717) is 32.8 Å². The molecule has 3 fully saturated rings. The number of halogens is 3. The number of pyridine rings is 1. The fourth-order valence-electron chi connectivity index (χ4n) is 3.96. The fraction of sp³-hybridized carbons (Fsp3) is 0.579. The van der Waals surface area contributed by atoms with Gasteiger partial charge < -0.3 is 19.6 Å². The molecule has 11 heteroatoms. The Kier molecular flexibility index (Phi) is 6.59. The van der Waals surface area contributed by atoms with Gasteiger partial charge in [0.15, 0.2) is 0 Å². The van der Waals surface area contributed by atoms with E-state index < -0.39 is 12.1 Å². The highest BCUT2D eigenvalue weighted by Crippen LogP contribution is 2.34. The maximum absolute atomic E-state index is 12.6. The summed E-state index contributed by atoms with van der Waals surface area (Å²) in [5, 5.41) is 7.12. The molecule has 3 aliphatic heterocycles. The lowest BCUT2D eigenvalue weighted by Crippen LogP contribution is -2.38. The molecule has 0 radical (unpaired) electrons. The molecule has 1 N–H and O–H groups in total. The zero-order chi connectivity index (χ0) is 21.9. The number of ether oxygens (including phenoxy) is 1. The summed E-state index contributed by atoms with van der Waals surface area (Å²) >= 11 is 0. The van der Waals surface area contributed by atoms with Crippen LogP contribution in [0.5, 0.6) is 0 Å². The summed E-state index contributed by atoms with van der Waals surface area (Å²) in [4.78, 5) is 41.8. The number of aromatic nitrogens is 1.